The van der Waals surface area contributed by atoms with Crippen molar-refractivity contribution in [2.75, 3.05) is 19.0 Å². The van der Waals surface area contributed by atoms with Gasteiger partial charge in [0, 0.05) is 7.05 Å². The van der Waals surface area contributed by atoms with E-state index in [1.165, 1.54) is 13.2 Å². The maximum Gasteiger partial charge on any atom is 0.216 e. The van der Waals surface area contributed by atoms with Crippen molar-refractivity contribution in [3.05, 3.63) is 41.3 Å². The van der Waals surface area contributed by atoms with E-state index in [4.69, 9.17) is 4.74 Å². The summed E-state index contributed by atoms with van der Waals surface area (Å²) in [4.78, 5) is 0. The molecule has 1 atom stereocenters. The molecule has 2 N–H and O–H groups in total. The van der Waals surface area contributed by atoms with Crippen LogP contribution in [-0.4, -0.2) is 28.6 Å². The number of aliphatic hydroxyl groups is 1. The van der Waals surface area contributed by atoms with Gasteiger partial charge in [-0.2, -0.15) is 5.10 Å². The summed E-state index contributed by atoms with van der Waals surface area (Å²) in [5.74, 6) is 0.178. The molecule has 0 saturated carbocycles. The highest BCUT2D eigenvalue weighted by atomic mass is 19.1. The zero-order valence-corrected chi connectivity index (χ0v) is 11.7. The highest BCUT2D eigenvalue weighted by molar-refractivity contribution is 5.49. The molecular weight excluding hydrogens is 261 g/mol. The maximum absolute atomic E-state index is 13.7. The van der Waals surface area contributed by atoms with Crippen LogP contribution in [0.2, 0.25) is 0 Å². The Morgan fingerprint density at radius 1 is 1.45 bits per heavy atom. The lowest BCUT2D eigenvalue weighted by Crippen LogP contribution is -2.17. The summed E-state index contributed by atoms with van der Waals surface area (Å²) < 4.78 is 20.6. The smallest absolute Gasteiger partial charge is 0.216 e. The van der Waals surface area contributed by atoms with Crippen LogP contribution in [-0.2, 0) is 7.05 Å². The molecule has 1 heterocycles. The van der Waals surface area contributed by atoms with Crippen LogP contribution in [0, 0.1) is 12.7 Å². The molecule has 1 aromatic heterocycles. The number of anilines is 1. The maximum atomic E-state index is 13.7. The van der Waals surface area contributed by atoms with Crippen LogP contribution in [0.3, 0.4) is 0 Å². The van der Waals surface area contributed by atoms with E-state index in [1.807, 2.05) is 6.92 Å². The van der Waals surface area contributed by atoms with E-state index in [9.17, 15) is 9.50 Å². The number of hydrogen-bond donors (Lipinski definition) is 2. The minimum absolute atomic E-state index is 0.197. The molecule has 6 heteroatoms. The number of hydrogen-bond acceptors (Lipinski definition) is 4. The van der Waals surface area contributed by atoms with E-state index < -0.39 is 6.04 Å². The van der Waals surface area contributed by atoms with Crippen molar-refractivity contribution in [1.82, 2.24) is 9.78 Å². The van der Waals surface area contributed by atoms with Crippen LogP contribution in [0.5, 0.6) is 5.88 Å². The Bertz CT molecular complexity index is 598. The summed E-state index contributed by atoms with van der Waals surface area (Å²) in [7, 11) is 3.30. The molecule has 0 aliphatic carbocycles. The van der Waals surface area contributed by atoms with Gasteiger partial charge in [-0.3, -0.25) is 0 Å². The van der Waals surface area contributed by atoms with Crippen LogP contribution < -0.4 is 10.1 Å². The summed E-state index contributed by atoms with van der Waals surface area (Å²) in [6.07, 6.45) is 0. The van der Waals surface area contributed by atoms with Gasteiger partial charge in [0.2, 0.25) is 5.88 Å². The van der Waals surface area contributed by atoms with Crippen molar-refractivity contribution in [3.63, 3.8) is 0 Å². The van der Waals surface area contributed by atoms with E-state index in [1.54, 1.807) is 29.9 Å². The van der Waals surface area contributed by atoms with Crippen molar-refractivity contribution in [2.24, 2.45) is 7.05 Å². The minimum Gasteiger partial charge on any atom is -0.481 e. The first-order chi connectivity index (χ1) is 9.58. The van der Waals surface area contributed by atoms with Crippen molar-refractivity contribution < 1.29 is 14.2 Å². The largest absolute Gasteiger partial charge is 0.481 e. The lowest BCUT2D eigenvalue weighted by Gasteiger charge is -2.19. The molecule has 5 nitrogen and oxygen atoms in total. The first-order valence-electron chi connectivity index (χ1n) is 6.27. The summed E-state index contributed by atoms with van der Waals surface area (Å²) in [5, 5.41) is 16.9. The number of rotatable bonds is 5. The summed E-state index contributed by atoms with van der Waals surface area (Å²) in [6.45, 7) is 1.63. The van der Waals surface area contributed by atoms with Crippen molar-refractivity contribution in [2.45, 2.75) is 13.0 Å². The van der Waals surface area contributed by atoms with E-state index in [0.717, 1.165) is 11.3 Å². The van der Waals surface area contributed by atoms with Crippen molar-refractivity contribution in [1.29, 1.82) is 0 Å². The van der Waals surface area contributed by atoms with Gasteiger partial charge in [-0.25, -0.2) is 9.07 Å². The quantitative estimate of drug-likeness (QED) is 0.879. The van der Waals surface area contributed by atoms with Crippen LogP contribution in [0.15, 0.2) is 24.3 Å². The molecule has 20 heavy (non-hydrogen) atoms. The van der Waals surface area contributed by atoms with Gasteiger partial charge in [0.1, 0.15) is 5.82 Å². The molecule has 0 aliphatic heterocycles. The van der Waals surface area contributed by atoms with Gasteiger partial charge in [0.25, 0.3) is 0 Å². The van der Waals surface area contributed by atoms with E-state index in [-0.39, 0.29) is 12.4 Å². The summed E-state index contributed by atoms with van der Waals surface area (Å²) >= 11 is 0. The monoisotopic (exact) mass is 279 g/mol. The number of aromatic nitrogens is 2. The van der Waals surface area contributed by atoms with E-state index >= 15 is 0 Å². The predicted octanol–water partition coefficient (Wildman–Crippen LogP) is 2.02. The van der Waals surface area contributed by atoms with Gasteiger partial charge in [-0.05, 0) is 19.1 Å². The van der Waals surface area contributed by atoms with Crippen LogP contribution >= 0.6 is 0 Å². The second-order valence-electron chi connectivity index (χ2n) is 4.49. The average molecular weight is 279 g/mol. The first kappa shape index (κ1) is 14.3. The zero-order valence-electron chi connectivity index (χ0n) is 11.7. The molecule has 0 radical (unpaired) electrons. The molecule has 1 aromatic carbocycles. The van der Waals surface area contributed by atoms with Crippen molar-refractivity contribution >= 4 is 5.69 Å². The zero-order chi connectivity index (χ0) is 14.7. The molecule has 108 valence electrons. The summed E-state index contributed by atoms with van der Waals surface area (Å²) in [5.41, 5.74) is 1.78. The number of nitrogens with one attached hydrogen (secondary N) is 1. The fourth-order valence-corrected chi connectivity index (χ4v) is 2.27. The van der Waals surface area contributed by atoms with Crippen molar-refractivity contribution in [3.8, 4) is 5.88 Å². The lowest BCUT2D eigenvalue weighted by molar-refractivity contribution is 0.271. The Hall–Kier alpha value is -2.08. The molecule has 0 spiro atoms. The van der Waals surface area contributed by atoms with E-state index in [2.05, 4.69) is 10.4 Å². The highest BCUT2D eigenvalue weighted by Crippen LogP contribution is 2.30. The number of aryl methyl sites for hydroxylation is 2. The van der Waals surface area contributed by atoms with E-state index in [0.29, 0.717) is 11.6 Å². The topological polar surface area (TPSA) is 59.3 Å². The molecule has 0 amide bonds. The molecule has 0 bridgehead atoms. The number of ether oxygens (including phenoxy) is 1. The first-order valence-corrected chi connectivity index (χ1v) is 6.27. The fraction of sp³-hybridized carbons (Fsp3) is 0.357. The fourth-order valence-electron chi connectivity index (χ4n) is 2.27. The SMILES string of the molecule is COc1c(C(CO)Nc2ccccc2F)c(C)nn1C. The number of para-hydroxylation sites is 1. The molecule has 2 rings (SSSR count). The Labute approximate surface area is 117 Å². The predicted molar refractivity (Wildman–Crippen MR) is 74.3 cm³/mol. The third kappa shape index (κ3) is 2.60. The van der Waals surface area contributed by atoms with Gasteiger partial charge >= 0.3 is 0 Å². The standard InChI is InChI=1S/C14H18FN3O2/c1-9-13(14(20-3)18(2)17-9)12(8-19)16-11-7-5-4-6-10(11)15/h4-7,12,16,19H,8H2,1-3H3. The van der Waals surface area contributed by atoms with Gasteiger partial charge < -0.3 is 15.2 Å². The van der Waals surface area contributed by atoms with Crippen LogP contribution in [0.1, 0.15) is 17.3 Å². The summed E-state index contributed by atoms with van der Waals surface area (Å²) in [6, 6.07) is 5.84. The molecule has 2 aromatic rings. The Morgan fingerprint density at radius 3 is 2.75 bits per heavy atom. The third-order valence-corrected chi connectivity index (χ3v) is 3.14. The van der Waals surface area contributed by atoms with Crippen LogP contribution in [0.4, 0.5) is 10.1 Å². The Kier molecular flexibility index (Phi) is 4.24. The van der Waals surface area contributed by atoms with Gasteiger partial charge in [-0.1, -0.05) is 12.1 Å². The number of benzene rings is 1. The second-order valence-corrected chi connectivity index (χ2v) is 4.49. The second kappa shape index (κ2) is 5.92. The Morgan fingerprint density at radius 2 is 2.15 bits per heavy atom. The van der Waals surface area contributed by atoms with Crippen LogP contribution in [0.25, 0.3) is 0 Å². The number of aliphatic hydroxyl groups excluding tert-OH is 1. The van der Waals surface area contributed by atoms with Gasteiger partial charge in [0.05, 0.1) is 36.7 Å². The van der Waals surface area contributed by atoms with Gasteiger partial charge in [-0.15, -0.1) is 0 Å². The molecule has 0 aliphatic rings. The molecule has 1 unspecified atom stereocenters. The Balaban J connectivity index is 2.36. The average Bonchev–Trinajstić information content (AvgIpc) is 2.72. The molecule has 0 saturated heterocycles. The number of methoxy groups -OCH3 is 1. The minimum atomic E-state index is -0.490. The lowest BCUT2D eigenvalue weighted by atomic mass is 10.1. The molecule has 0 fully saturated rings. The molecular formula is C14H18FN3O2. The third-order valence-electron chi connectivity index (χ3n) is 3.14. The van der Waals surface area contributed by atoms with Gasteiger partial charge in [0.15, 0.2) is 0 Å². The normalized spacial score (nSPS) is 12.2. The number of halogens is 1. The highest BCUT2D eigenvalue weighted by Gasteiger charge is 2.23. The number of nitrogens with zero attached hydrogens (tertiary/aromatic N) is 2.